The van der Waals surface area contributed by atoms with Gasteiger partial charge in [-0.25, -0.2) is 17.6 Å². The second-order valence-electron chi connectivity index (χ2n) is 9.39. The molecule has 0 unspecified atom stereocenters. The van der Waals surface area contributed by atoms with Crippen LogP contribution in [0.25, 0.3) is 44.5 Å². The number of benzene rings is 5. The standard InChI is InChI=1S/C32H18F4/c33-27-15-23-21-7-3-1-5-19(21)13-25(23)29(31(27)35)17-9-11-18(12-10-17)30-26-14-20-6-2-4-8-22(20)24(26)16-28(34)32(30)36/h1-12,15-16H,13-14H2. The Labute approximate surface area is 205 Å². The van der Waals surface area contributed by atoms with Gasteiger partial charge in [0.15, 0.2) is 23.3 Å². The van der Waals surface area contributed by atoms with Crippen molar-refractivity contribution in [3.05, 3.63) is 130 Å². The molecule has 0 nitrogen and oxygen atoms in total. The molecule has 0 amide bonds. The van der Waals surface area contributed by atoms with Crippen molar-refractivity contribution in [2.45, 2.75) is 12.8 Å². The lowest BCUT2D eigenvalue weighted by Gasteiger charge is -2.14. The van der Waals surface area contributed by atoms with Gasteiger partial charge < -0.3 is 0 Å². The van der Waals surface area contributed by atoms with Crippen molar-refractivity contribution in [3.63, 3.8) is 0 Å². The summed E-state index contributed by atoms with van der Waals surface area (Å²) in [6, 6.07) is 24.5. The van der Waals surface area contributed by atoms with E-state index in [-0.39, 0.29) is 11.1 Å². The Morgan fingerprint density at radius 1 is 0.444 bits per heavy atom. The van der Waals surface area contributed by atoms with Gasteiger partial charge >= 0.3 is 0 Å². The van der Waals surface area contributed by atoms with Gasteiger partial charge in [-0.05, 0) is 80.6 Å². The highest BCUT2D eigenvalue weighted by molar-refractivity contribution is 5.88. The molecule has 0 saturated carbocycles. The maximum atomic E-state index is 15.2. The van der Waals surface area contributed by atoms with Gasteiger partial charge in [0.1, 0.15) is 0 Å². The number of fused-ring (bicyclic) bond motifs is 6. The van der Waals surface area contributed by atoms with Crippen LogP contribution in [-0.4, -0.2) is 0 Å². The van der Waals surface area contributed by atoms with Crippen LogP contribution in [0, 0.1) is 23.3 Å². The summed E-state index contributed by atoms with van der Waals surface area (Å²) >= 11 is 0. The van der Waals surface area contributed by atoms with Gasteiger partial charge in [0.25, 0.3) is 0 Å². The molecular weight excluding hydrogens is 460 g/mol. The monoisotopic (exact) mass is 478 g/mol. The molecule has 5 aromatic rings. The highest BCUT2D eigenvalue weighted by atomic mass is 19.2. The summed E-state index contributed by atoms with van der Waals surface area (Å²) in [5, 5.41) is 0. The second kappa shape index (κ2) is 7.66. The van der Waals surface area contributed by atoms with Crippen LogP contribution in [-0.2, 0) is 12.8 Å². The van der Waals surface area contributed by atoms with E-state index < -0.39 is 23.3 Å². The average Bonchev–Trinajstić information content (AvgIpc) is 3.44. The fourth-order valence-electron chi connectivity index (χ4n) is 5.84. The number of rotatable bonds is 2. The summed E-state index contributed by atoms with van der Waals surface area (Å²) in [5.41, 5.74) is 8.11. The molecule has 0 atom stereocenters. The van der Waals surface area contributed by atoms with Crippen LogP contribution < -0.4 is 0 Å². The number of hydrogen-bond acceptors (Lipinski definition) is 0. The molecule has 0 radical (unpaired) electrons. The molecule has 0 aliphatic heterocycles. The third kappa shape index (κ3) is 2.94. The van der Waals surface area contributed by atoms with Crippen LogP contribution in [0.4, 0.5) is 17.6 Å². The fraction of sp³-hybridized carbons (Fsp3) is 0.0625. The molecule has 2 aliphatic rings. The molecule has 0 aromatic heterocycles. The van der Waals surface area contributed by atoms with Crippen LogP contribution in [0.5, 0.6) is 0 Å². The molecule has 2 aliphatic carbocycles. The van der Waals surface area contributed by atoms with Gasteiger partial charge in [0.05, 0.1) is 0 Å². The Morgan fingerprint density at radius 2 is 0.833 bits per heavy atom. The third-order valence-electron chi connectivity index (χ3n) is 7.47. The maximum Gasteiger partial charge on any atom is 0.166 e. The SMILES string of the molecule is Fc1cc2c(c(-c3ccc(-c4c(F)c(F)cc5c4Cc4ccccc4-5)cc3)c1F)Cc1ccccc1-2. The highest BCUT2D eigenvalue weighted by Crippen LogP contribution is 2.46. The summed E-state index contributed by atoms with van der Waals surface area (Å²) < 4.78 is 59.6. The lowest BCUT2D eigenvalue weighted by molar-refractivity contribution is 0.510. The first kappa shape index (κ1) is 21.1. The summed E-state index contributed by atoms with van der Waals surface area (Å²) in [5.74, 6) is -3.61. The minimum absolute atomic E-state index is 0.213. The molecule has 0 bridgehead atoms. The van der Waals surface area contributed by atoms with E-state index in [9.17, 15) is 8.78 Å². The largest absolute Gasteiger partial charge is 0.204 e. The van der Waals surface area contributed by atoms with E-state index in [1.807, 2.05) is 48.5 Å². The first-order valence-electron chi connectivity index (χ1n) is 11.8. The van der Waals surface area contributed by atoms with Crippen LogP contribution >= 0.6 is 0 Å². The molecule has 36 heavy (non-hydrogen) atoms. The normalized spacial score (nSPS) is 12.8. The van der Waals surface area contributed by atoms with E-state index in [0.717, 1.165) is 33.4 Å². The molecule has 0 spiro atoms. The van der Waals surface area contributed by atoms with Crippen molar-refractivity contribution in [2.24, 2.45) is 0 Å². The summed E-state index contributed by atoms with van der Waals surface area (Å²) in [6.07, 6.45) is 1.01. The van der Waals surface area contributed by atoms with E-state index in [1.165, 1.54) is 12.1 Å². The van der Waals surface area contributed by atoms with E-state index in [2.05, 4.69) is 0 Å². The summed E-state index contributed by atoms with van der Waals surface area (Å²) in [4.78, 5) is 0. The molecule has 0 N–H and O–H groups in total. The van der Waals surface area contributed by atoms with Crippen molar-refractivity contribution in [3.8, 4) is 44.5 Å². The van der Waals surface area contributed by atoms with E-state index in [0.29, 0.717) is 35.1 Å². The minimum Gasteiger partial charge on any atom is -0.204 e. The second-order valence-corrected chi connectivity index (χ2v) is 9.39. The molecule has 0 heterocycles. The van der Waals surface area contributed by atoms with Gasteiger partial charge in [-0.3, -0.25) is 0 Å². The van der Waals surface area contributed by atoms with Gasteiger partial charge in [0.2, 0.25) is 0 Å². The molecule has 174 valence electrons. The van der Waals surface area contributed by atoms with Crippen molar-refractivity contribution in [1.82, 2.24) is 0 Å². The van der Waals surface area contributed by atoms with Crippen molar-refractivity contribution in [2.75, 3.05) is 0 Å². The molecule has 7 rings (SSSR count). The Kier molecular flexibility index (Phi) is 4.50. The van der Waals surface area contributed by atoms with Gasteiger partial charge in [-0.2, -0.15) is 0 Å². The molecule has 0 fully saturated rings. The van der Waals surface area contributed by atoms with Crippen molar-refractivity contribution in [1.29, 1.82) is 0 Å². The lowest BCUT2D eigenvalue weighted by Crippen LogP contribution is -1.98. The maximum absolute atomic E-state index is 15.2. The Morgan fingerprint density at radius 3 is 1.25 bits per heavy atom. The van der Waals surface area contributed by atoms with E-state index in [4.69, 9.17) is 0 Å². The Bertz CT molecular complexity index is 1590. The molecule has 5 aromatic carbocycles. The van der Waals surface area contributed by atoms with Gasteiger partial charge in [-0.15, -0.1) is 0 Å². The quantitative estimate of drug-likeness (QED) is 0.218. The fourth-order valence-corrected chi connectivity index (χ4v) is 5.84. The van der Waals surface area contributed by atoms with Crippen LogP contribution in [0.1, 0.15) is 22.3 Å². The molecule has 4 heteroatoms. The first-order chi connectivity index (χ1) is 17.5. The first-order valence-corrected chi connectivity index (χ1v) is 11.8. The summed E-state index contributed by atoms with van der Waals surface area (Å²) in [7, 11) is 0. The van der Waals surface area contributed by atoms with E-state index in [1.54, 1.807) is 24.3 Å². The van der Waals surface area contributed by atoms with Crippen LogP contribution in [0.3, 0.4) is 0 Å². The Balaban J connectivity index is 1.36. The van der Waals surface area contributed by atoms with Gasteiger partial charge in [-0.1, -0.05) is 72.8 Å². The average molecular weight is 478 g/mol. The predicted molar refractivity (Wildman–Crippen MR) is 134 cm³/mol. The van der Waals surface area contributed by atoms with E-state index >= 15 is 8.78 Å². The predicted octanol–water partition coefficient (Wildman–Crippen LogP) is 8.72. The lowest BCUT2D eigenvalue weighted by atomic mass is 9.91. The third-order valence-corrected chi connectivity index (χ3v) is 7.47. The number of halogens is 4. The number of hydrogen-bond donors (Lipinski definition) is 0. The van der Waals surface area contributed by atoms with Crippen molar-refractivity contribution < 1.29 is 17.6 Å². The molecular formula is C32H18F4. The highest BCUT2D eigenvalue weighted by Gasteiger charge is 2.28. The zero-order valence-corrected chi connectivity index (χ0v) is 19.0. The smallest absolute Gasteiger partial charge is 0.166 e. The van der Waals surface area contributed by atoms with Crippen molar-refractivity contribution >= 4 is 0 Å². The topological polar surface area (TPSA) is 0 Å². The zero-order chi connectivity index (χ0) is 24.6. The summed E-state index contributed by atoms with van der Waals surface area (Å²) in [6.45, 7) is 0. The molecule has 0 saturated heterocycles. The van der Waals surface area contributed by atoms with Crippen LogP contribution in [0.15, 0.2) is 84.9 Å². The minimum atomic E-state index is -0.906. The zero-order valence-electron chi connectivity index (χ0n) is 19.0. The van der Waals surface area contributed by atoms with Gasteiger partial charge in [0, 0.05) is 11.1 Å². The Hall–Kier alpha value is -4.18. The van der Waals surface area contributed by atoms with Crippen LogP contribution in [0.2, 0.25) is 0 Å².